The lowest BCUT2D eigenvalue weighted by Crippen LogP contribution is -2.46. The Balaban J connectivity index is 1.44. The lowest BCUT2D eigenvalue weighted by Gasteiger charge is -2.32. The van der Waals surface area contributed by atoms with Crippen LogP contribution in [0.1, 0.15) is 57.6 Å². The number of hydrogen-bond donors (Lipinski definition) is 1. The van der Waals surface area contributed by atoms with Gasteiger partial charge in [0.2, 0.25) is 11.6 Å². The van der Waals surface area contributed by atoms with Gasteiger partial charge in [-0.1, -0.05) is 48.5 Å². The average molecular weight is 636 g/mol. The second kappa shape index (κ2) is 9.80. The summed E-state index contributed by atoms with van der Waals surface area (Å²) in [7, 11) is 0. The van der Waals surface area contributed by atoms with E-state index in [2.05, 4.69) is 5.32 Å². The van der Waals surface area contributed by atoms with Crippen LogP contribution in [0.4, 0.5) is 32.0 Å². The van der Waals surface area contributed by atoms with E-state index in [1.807, 2.05) is 0 Å². The van der Waals surface area contributed by atoms with Crippen molar-refractivity contribution in [1.29, 1.82) is 0 Å². The van der Waals surface area contributed by atoms with Crippen LogP contribution in [0.3, 0.4) is 0 Å². The smallest absolute Gasteiger partial charge is 0.389 e. The van der Waals surface area contributed by atoms with E-state index in [9.17, 15) is 40.7 Å². The number of halogens is 6. The molecule has 2 heterocycles. The molecule has 0 bridgehead atoms. The molecule has 2 saturated carbocycles. The first-order valence-electron chi connectivity index (χ1n) is 14.6. The molecule has 0 aromatic heterocycles. The highest BCUT2D eigenvalue weighted by Gasteiger charge is 2.86. The van der Waals surface area contributed by atoms with Crippen molar-refractivity contribution in [3.63, 3.8) is 0 Å². The van der Waals surface area contributed by atoms with E-state index in [1.165, 1.54) is 20.8 Å². The van der Waals surface area contributed by atoms with Crippen molar-refractivity contribution in [3.05, 3.63) is 65.7 Å². The monoisotopic (exact) mass is 635 g/mol. The minimum atomic E-state index is -4.76. The Hall–Kier alpha value is -3.90. The summed E-state index contributed by atoms with van der Waals surface area (Å²) in [5.74, 6) is -5.78. The molecule has 2 aromatic carbocycles. The van der Waals surface area contributed by atoms with Gasteiger partial charge in [0.25, 0.3) is 5.91 Å². The van der Waals surface area contributed by atoms with Gasteiger partial charge >= 0.3 is 18.3 Å². The number of fused-ring (bicyclic) bond motifs is 1. The fourth-order valence-corrected chi connectivity index (χ4v) is 7.15. The lowest BCUT2D eigenvalue weighted by atomic mass is 9.78. The number of alkyl halides is 6. The summed E-state index contributed by atoms with van der Waals surface area (Å²) in [6, 6.07) is 15.6. The second-order valence-electron chi connectivity index (χ2n) is 13.4. The van der Waals surface area contributed by atoms with Gasteiger partial charge in [0.1, 0.15) is 5.60 Å². The standard InChI is InChI=1S/C32H31F6N3O4/c1-27(2,3)45-26(44)29(14-20(29)16-32(36,37)38)28(13-19(28)15-31(33,34)35)25(43)41-17-30(41)24(42)39-22-12-8-7-11-21(22)23(40-30)18-9-5-4-6-10-18/h4-12,19-20H,13-17H2,1-3H3,(H,39,42)/t19-,20-,28?,29?,30?,41?/m0/s1. The van der Waals surface area contributed by atoms with E-state index >= 15 is 0 Å². The predicted octanol–water partition coefficient (Wildman–Crippen LogP) is 6.27. The molecule has 2 aromatic rings. The number of ether oxygens (including phenoxy) is 1. The third kappa shape index (κ3) is 5.27. The molecular weight excluding hydrogens is 604 g/mol. The summed E-state index contributed by atoms with van der Waals surface area (Å²) in [5.41, 5.74) is -5.44. The van der Waals surface area contributed by atoms with Gasteiger partial charge in [-0.05, 0) is 51.5 Å². The number of amides is 2. The number of anilines is 1. The summed E-state index contributed by atoms with van der Waals surface area (Å²) >= 11 is 0. The zero-order valence-corrected chi connectivity index (χ0v) is 24.7. The van der Waals surface area contributed by atoms with Crippen molar-refractivity contribution >= 4 is 29.2 Å². The number of carbonyl (C=O) groups excluding carboxylic acids is 3. The van der Waals surface area contributed by atoms with E-state index in [-0.39, 0.29) is 6.54 Å². The predicted molar refractivity (Wildman–Crippen MR) is 150 cm³/mol. The van der Waals surface area contributed by atoms with Gasteiger partial charge in [0.15, 0.2) is 0 Å². The third-order valence-corrected chi connectivity index (χ3v) is 9.21. The maximum absolute atomic E-state index is 14.5. The fourth-order valence-electron chi connectivity index (χ4n) is 7.15. The van der Waals surface area contributed by atoms with Crippen LogP contribution in [0, 0.1) is 22.7 Å². The van der Waals surface area contributed by atoms with Crippen LogP contribution in [0.15, 0.2) is 59.6 Å². The van der Waals surface area contributed by atoms with Gasteiger partial charge in [-0.25, -0.2) is 4.99 Å². The number of benzene rings is 2. The Morgan fingerprint density at radius 1 is 0.889 bits per heavy atom. The Kier molecular flexibility index (Phi) is 6.77. The van der Waals surface area contributed by atoms with Crippen LogP contribution in [0.2, 0.25) is 0 Å². The largest absolute Gasteiger partial charge is 0.460 e. The first-order chi connectivity index (χ1) is 20.8. The first-order valence-corrected chi connectivity index (χ1v) is 14.6. The molecule has 3 fully saturated rings. The van der Waals surface area contributed by atoms with Crippen molar-refractivity contribution in [1.82, 2.24) is 4.90 Å². The molecule has 3 unspecified atom stereocenters. The molecule has 1 N–H and O–H groups in total. The topological polar surface area (TPSA) is 87.8 Å². The van der Waals surface area contributed by atoms with Crippen molar-refractivity contribution in [2.75, 3.05) is 11.9 Å². The van der Waals surface area contributed by atoms with Gasteiger partial charge in [-0.15, -0.1) is 0 Å². The van der Waals surface area contributed by atoms with E-state index in [1.54, 1.807) is 54.6 Å². The van der Waals surface area contributed by atoms with Crippen LogP contribution in [-0.4, -0.2) is 58.6 Å². The van der Waals surface area contributed by atoms with Crippen LogP contribution in [-0.2, 0) is 19.1 Å². The summed E-state index contributed by atoms with van der Waals surface area (Å²) in [6.45, 7) is 4.14. The van der Waals surface area contributed by atoms with Crippen molar-refractivity contribution in [2.24, 2.45) is 27.7 Å². The molecule has 4 aliphatic rings. The normalized spacial score (nSPS) is 30.6. The number of rotatable bonds is 6. The highest BCUT2D eigenvalue weighted by molar-refractivity contribution is 6.21. The van der Waals surface area contributed by atoms with Crippen LogP contribution in [0.25, 0.3) is 0 Å². The van der Waals surface area contributed by atoms with Gasteiger partial charge in [0.05, 0.1) is 28.8 Å². The van der Waals surface area contributed by atoms with Crippen LogP contribution >= 0.6 is 0 Å². The highest BCUT2D eigenvalue weighted by atomic mass is 19.4. The Morgan fingerprint density at radius 3 is 2.04 bits per heavy atom. The van der Waals surface area contributed by atoms with E-state index < -0.39 is 89.7 Å². The minimum Gasteiger partial charge on any atom is -0.460 e. The molecule has 1 spiro atoms. The van der Waals surface area contributed by atoms with Crippen LogP contribution < -0.4 is 5.32 Å². The number of para-hydroxylation sites is 1. The van der Waals surface area contributed by atoms with Crippen molar-refractivity contribution in [2.45, 2.75) is 70.1 Å². The molecule has 1 saturated heterocycles. The number of nitrogens with zero attached hydrogens (tertiary/aromatic N) is 2. The summed E-state index contributed by atoms with van der Waals surface area (Å²) in [4.78, 5) is 47.7. The lowest BCUT2D eigenvalue weighted by molar-refractivity contribution is -0.175. The molecule has 7 nitrogen and oxygen atoms in total. The van der Waals surface area contributed by atoms with Gasteiger partial charge in [0, 0.05) is 24.0 Å². The van der Waals surface area contributed by atoms with E-state index in [0.717, 1.165) is 4.90 Å². The Labute approximate surface area is 255 Å². The molecule has 2 amide bonds. The number of nitrogens with one attached hydrogen (secondary N) is 1. The summed E-state index contributed by atoms with van der Waals surface area (Å²) in [6.07, 6.45) is -13.4. The SMILES string of the molecule is CC(C)(C)OC(=O)C1(C2(C(=O)N3CC34N=C(c3ccccc3)c3ccccc3NC4=O)C[C@H]2CC(F)(F)F)C[C@H]1CC(F)(F)F. The highest BCUT2D eigenvalue weighted by Crippen LogP contribution is 2.80. The second-order valence-corrected chi connectivity index (χ2v) is 13.4. The maximum atomic E-state index is 14.5. The molecule has 5 atom stereocenters. The molecular formula is C32H31F6N3O4. The zero-order valence-electron chi connectivity index (χ0n) is 24.7. The van der Waals surface area contributed by atoms with Gasteiger partial charge in [-0.2, -0.15) is 26.3 Å². The third-order valence-electron chi connectivity index (χ3n) is 9.21. The average Bonchev–Trinajstić information content (AvgIpc) is 3.83. The Morgan fingerprint density at radius 2 is 1.44 bits per heavy atom. The van der Waals surface area contributed by atoms with Crippen LogP contribution in [0.5, 0.6) is 0 Å². The molecule has 13 heteroatoms. The van der Waals surface area contributed by atoms with Gasteiger partial charge in [-0.3, -0.25) is 14.4 Å². The fraction of sp³-hybridized carbons (Fsp3) is 0.500. The molecule has 6 rings (SSSR count). The quantitative estimate of drug-likeness (QED) is 0.230. The number of aliphatic imine (C=N–C) groups is 1. The molecule has 2 aliphatic carbocycles. The Bertz CT molecular complexity index is 1600. The number of hydrogen-bond acceptors (Lipinski definition) is 5. The minimum absolute atomic E-state index is 0.323. The number of carbonyl (C=O) groups is 3. The molecule has 0 radical (unpaired) electrons. The van der Waals surface area contributed by atoms with E-state index in [4.69, 9.17) is 9.73 Å². The first kappa shape index (κ1) is 31.1. The summed E-state index contributed by atoms with van der Waals surface area (Å²) in [5, 5.41) is 2.76. The van der Waals surface area contributed by atoms with Gasteiger partial charge < -0.3 is 15.0 Å². The summed E-state index contributed by atoms with van der Waals surface area (Å²) < 4.78 is 87.8. The van der Waals surface area contributed by atoms with E-state index in [0.29, 0.717) is 22.5 Å². The molecule has 45 heavy (non-hydrogen) atoms. The molecule has 2 aliphatic heterocycles. The van der Waals surface area contributed by atoms with Crippen molar-refractivity contribution in [3.8, 4) is 0 Å². The molecule has 240 valence electrons. The number of esters is 1. The maximum Gasteiger partial charge on any atom is 0.389 e. The zero-order chi connectivity index (χ0) is 32.8. The van der Waals surface area contributed by atoms with Crippen molar-refractivity contribution < 1.29 is 45.5 Å².